The summed E-state index contributed by atoms with van der Waals surface area (Å²) in [4.78, 5) is 23.2. The number of carboxylic acid groups (broad SMARTS) is 1. The summed E-state index contributed by atoms with van der Waals surface area (Å²) in [6.45, 7) is 0. The van der Waals surface area contributed by atoms with E-state index in [1.165, 1.54) is 18.2 Å². The molecule has 0 aliphatic carbocycles. The van der Waals surface area contributed by atoms with Gasteiger partial charge in [-0.3, -0.25) is 4.79 Å². The summed E-state index contributed by atoms with van der Waals surface area (Å²) in [5.74, 6) is -1.56. The Kier molecular flexibility index (Phi) is 5.08. The zero-order chi connectivity index (χ0) is 15.6. The van der Waals surface area contributed by atoms with Crippen LogP contribution >= 0.6 is 45.8 Å². The quantitative estimate of drug-likeness (QED) is 0.695. The smallest absolute Gasteiger partial charge is 0.335 e. The van der Waals surface area contributed by atoms with Crippen LogP contribution in [-0.2, 0) is 0 Å². The third-order valence-corrected chi connectivity index (χ3v) is 3.96. The van der Waals surface area contributed by atoms with E-state index in [4.69, 9.17) is 28.3 Å². The first kappa shape index (κ1) is 16.1. The van der Waals surface area contributed by atoms with E-state index in [9.17, 15) is 9.59 Å². The predicted octanol–water partition coefficient (Wildman–Crippen LogP) is 4.55. The topological polar surface area (TPSA) is 66.4 Å². The van der Waals surface area contributed by atoms with Gasteiger partial charge < -0.3 is 10.4 Å². The maximum absolute atomic E-state index is 12.2. The fourth-order valence-electron chi connectivity index (χ4n) is 1.62. The standard InChI is InChI=1S/C14H8Cl2INO3/c15-10-4-2-8(17)6-9(10)13(19)18-12-5-7(14(20)21)1-3-11(12)16/h1-6H,(H,18,19)(H,20,21). The number of hydrogen-bond acceptors (Lipinski definition) is 2. The van der Waals surface area contributed by atoms with Crippen molar-refractivity contribution in [1.82, 2.24) is 0 Å². The Balaban J connectivity index is 2.33. The highest BCUT2D eigenvalue weighted by Crippen LogP contribution is 2.25. The van der Waals surface area contributed by atoms with Gasteiger partial charge in [0, 0.05) is 3.57 Å². The predicted molar refractivity (Wildman–Crippen MR) is 90.5 cm³/mol. The molecule has 0 aliphatic heterocycles. The number of benzene rings is 2. The Bertz CT molecular complexity index is 734. The molecule has 0 radical (unpaired) electrons. The van der Waals surface area contributed by atoms with Gasteiger partial charge in [-0.25, -0.2) is 4.79 Å². The Morgan fingerprint density at radius 1 is 1.05 bits per heavy atom. The van der Waals surface area contributed by atoms with Gasteiger partial charge in [0.05, 0.1) is 26.9 Å². The van der Waals surface area contributed by atoms with Crippen LogP contribution in [0.5, 0.6) is 0 Å². The van der Waals surface area contributed by atoms with Crippen molar-refractivity contribution >= 4 is 63.4 Å². The fraction of sp³-hybridized carbons (Fsp3) is 0. The second-order valence-electron chi connectivity index (χ2n) is 4.08. The Morgan fingerprint density at radius 2 is 1.71 bits per heavy atom. The third kappa shape index (κ3) is 3.87. The zero-order valence-corrected chi connectivity index (χ0v) is 14.0. The second-order valence-corrected chi connectivity index (χ2v) is 6.14. The van der Waals surface area contributed by atoms with Gasteiger partial charge in [-0.05, 0) is 59.0 Å². The number of carbonyl (C=O) groups is 2. The molecule has 0 atom stereocenters. The van der Waals surface area contributed by atoms with Crippen molar-refractivity contribution in [2.24, 2.45) is 0 Å². The van der Waals surface area contributed by atoms with E-state index in [1.807, 2.05) is 0 Å². The van der Waals surface area contributed by atoms with Crippen molar-refractivity contribution < 1.29 is 14.7 Å². The number of aromatic carboxylic acids is 1. The summed E-state index contributed by atoms with van der Waals surface area (Å²) < 4.78 is 0.854. The average Bonchev–Trinajstić information content (AvgIpc) is 2.43. The van der Waals surface area contributed by atoms with Crippen LogP contribution in [0.1, 0.15) is 20.7 Å². The molecule has 0 bridgehead atoms. The molecule has 0 saturated carbocycles. The van der Waals surface area contributed by atoms with Crippen molar-refractivity contribution in [2.75, 3.05) is 5.32 Å². The lowest BCUT2D eigenvalue weighted by Gasteiger charge is -2.09. The highest BCUT2D eigenvalue weighted by molar-refractivity contribution is 14.1. The van der Waals surface area contributed by atoms with E-state index in [0.29, 0.717) is 10.6 Å². The molecule has 2 N–H and O–H groups in total. The summed E-state index contributed by atoms with van der Waals surface area (Å²) in [5.41, 5.74) is 0.542. The maximum Gasteiger partial charge on any atom is 0.335 e. The first-order valence-corrected chi connectivity index (χ1v) is 7.51. The summed E-state index contributed by atoms with van der Waals surface area (Å²) >= 11 is 14.0. The summed E-state index contributed by atoms with van der Waals surface area (Å²) in [5, 5.41) is 12.1. The van der Waals surface area contributed by atoms with Crippen molar-refractivity contribution in [1.29, 1.82) is 0 Å². The Labute approximate surface area is 144 Å². The van der Waals surface area contributed by atoms with E-state index in [2.05, 4.69) is 27.9 Å². The van der Waals surface area contributed by atoms with Crippen LogP contribution in [0, 0.1) is 3.57 Å². The second kappa shape index (κ2) is 6.64. The molecule has 2 aromatic rings. The molecule has 2 rings (SSSR count). The van der Waals surface area contributed by atoms with Crippen LogP contribution in [0.15, 0.2) is 36.4 Å². The number of rotatable bonds is 3. The minimum atomic E-state index is -1.10. The number of halogens is 3. The molecular formula is C14H8Cl2INO3. The van der Waals surface area contributed by atoms with Crippen molar-refractivity contribution in [3.8, 4) is 0 Å². The van der Waals surface area contributed by atoms with E-state index < -0.39 is 11.9 Å². The molecule has 0 fully saturated rings. The molecule has 2 aromatic carbocycles. The van der Waals surface area contributed by atoms with Gasteiger partial charge in [0.25, 0.3) is 5.91 Å². The van der Waals surface area contributed by atoms with Crippen LogP contribution in [0.2, 0.25) is 10.0 Å². The Morgan fingerprint density at radius 3 is 2.38 bits per heavy atom. The molecule has 0 aromatic heterocycles. The first-order valence-electron chi connectivity index (χ1n) is 5.67. The molecular weight excluding hydrogens is 428 g/mol. The van der Waals surface area contributed by atoms with E-state index in [-0.39, 0.29) is 16.3 Å². The first-order chi connectivity index (χ1) is 9.88. The lowest BCUT2D eigenvalue weighted by atomic mass is 10.1. The maximum atomic E-state index is 12.2. The van der Waals surface area contributed by atoms with Gasteiger partial charge in [0.2, 0.25) is 0 Å². The van der Waals surface area contributed by atoms with Gasteiger partial charge in [-0.1, -0.05) is 23.2 Å². The normalized spacial score (nSPS) is 10.2. The molecule has 0 spiro atoms. The molecule has 1 amide bonds. The number of carbonyl (C=O) groups excluding carboxylic acids is 1. The van der Waals surface area contributed by atoms with Crippen LogP contribution in [0.3, 0.4) is 0 Å². The average molecular weight is 436 g/mol. The molecule has 108 valence electrons. The van der Waals surface area contributed by atoms with Gasteiger partial charge in [0.15, 0.2) is 0 Å². The van der Waals surface area contributed by atoms with Gasteiger partial charge in [-0.2, -0.15) is 0 Å². The lowest BCUT2D eigenvalue weighted by Crippen LogP contribution is -2.13. The van der Waals surface area contributed by atoms with Crippen molar-refractivity contribution in [3.63, 3.8) is 0 Å². The van der Waals surface area contributed by atoms with Gasteiger partial charge >= 0.3 is 5.97 Å². The third-order valence-electron chi connectivity index (χ3n) is 2.63. The SMILES string of the molecule is O=C(O)c1ccc(Cl)c(NC(=O)c2cc(I)ccc2Cl)c1. The van der Waals surface area contributed by atoms with Gasteiger partial charge in [0.1, 0.15) is 0 Å². The summed E-state index contributed by atoms with van der Waals surface area (Å²) in [6.07, 6.45) is 0. The van der Waals surface area contributed by atoms with E-state index >= 15 is 0 Å². The molecule has 4 nitrogen and oxygen atoms in total. The zero-order valence-electron chi connectivity index (χ0n) is 10.4. The summed E-state index contributed by atoms with van der Waals surface area (Å²) in [6, 6.07) is 9.10. The van der Waals surface area contributed by atoms with Crippen LogP contribution in [0.4, 0.5) is 5.69 Å². The van der Waals surface area contributed by atoms with Crippen LogP contribution in [-0.4, -0.2) is 17.0 Å². The molecule has 7 heteroatoms. The van der Waals surface area contributed by atoms with Crippen molar-refractivity contribution in [3.05, 3.63) is 61.1 Å². The number of amides is 1. The lowest BCUT2D eigenvalue weighted by molar-refractivity contribution is 0.0696. The number of nitrogens with one attached hydrogen (secondary N) is 1. The molecule has 0 heterocycles. The fourth-order valence-corrected chi connectivity index (χ4v) is 2.47. The molecule has 0 aliphatic rings. The molecule has 0 saturated heterocycles. The highest BCUT2D eigenvalue weighted by atomic mass is 127. The molecule has 21 heavy (non-hydrogen) atoms. The number of hydrogen-bond donors (Lipinski definition) is 2. The summed E-state index contributed by atoms with van der Waals surface area (Å²) in [7, 11) is 0. The van der Waals surface area contributed by atoms with E-state index in [0.717, 1.165) is 3.57 Å². The highest BCUT2D eigenvalue weighted by Gasteiger charge is 2.14. The minimum absolute atomic E-state index is 0.0310. The Hall–Kier alpha value is -1.31. The largest absolute Gasteiger partial charge is 0.478 e. The number of anilines is 1. The van der Waals surface area contributed by atoms with Crippen LogP contribution in [0.25, 0.3) is 0 Å². The minimum Gasteiger partial charge on any atom is -0.478 e. The van der Waals surface area contributed by atoms with E-state index in [1.54, 1.807) is 18.2 Å². The molecule has 0 unspecified atom stereocenters. The van der Waals surface area contributed by atoms with Gasteiger partial charge in [-0.15, -0.1) is 0 Å². The van der Waals surface area contributed by atoms with Crippen molar-refractivity contribution in [2.45, 2.75) is 0 Å². The van der Waals surface area contributed by atoms with Crippen LogP contribution < -0.4 is 5.32 Å². The number of carboxylic acids is 1. The monoisotopic (exact) mass is 435 g/mol.